The summed E-state index contributed by atoms with van der Waals surface area (Å²) < 4.78 is 1.13. The van der Waals surface area contributed by atoms with Gasteiger partial charge in [-0.15, -0.1) is 0 Å². The topological polar surface area (TPSA) is 20.2 Å². The van der Waals surface area contributed by atoms with Gasteiger partial charge >= 0.3 is 0 Å². The van der Waals surface area contributed by atoms with Crippen LogP contribution in [0.15, 0.2) is 28.7 Å². The number of aliphatic hydroxyl groups excluding tert-OH is 1. The molecule has 0 amide bonds. The molecule has 3 unspecified atom stereocenters. The van der Waals surface area contributed by atoms with Crippen LogP contribution in [0.1, 0.15) is 31.2 Å². The van der Waals surface area contributed by atoms with E-state index in [0.717, 1.165) is 17.3 Å². The molecule has 1 fully saturated rings. The van der Waals surface area contributed by atoms with E-state index in [1.165, 1.54) is 5.56 Å². The third kappa shape index (κ3) is 1.73. The number of hydrogen-bond donors (Lipinski definition) is 1. The summed E-state index contributed by atoms with van der Waals surface area (Å²) in [6.45, 7) is 2.15. The Morgan fingerprint density at radius 1 is 1.50 bits per heavy atom. The van der Waals surface area contributed by atoms with Crippen LogP contribution in [0.25, 0.3) is 0 Å². The summed E-state index contributed by atoms with van der Waals surface area (Å²) in [6, 6.07) is 8.43. The molecule has 2 rings (SSSR count). The van der Waals surface area contributed by atoms with Gasteiger partial charge in [0.05, 0.1) is 6.10 Å². The summed E-state index contributed by atoms with van der Waals surface area (Å²) in [5.41, 5.74) is 1.36. The normalized spacial score (nSPS) is 31.2. The van der Waals surface area contributed by atoms with Crippen LogP contribution in [-0.2, 0) is 0 Å². The highest BCUT2D eigenvalue weighted by Crippen LogP contribution is 2.44. The molecule has 0 aliphatic heterocycles. The Morgan fingerprint density at radius 2 is 2.29 bits per heavy atom. The second-order valence-corrected chi connectivity index (χ2v) is 4.95. The van der Waals surface area contributed by atoms with Crippen LogP contribution < -0.4 is 0 Å². The number of hydrogen-bond acceptors (Lipinski definition) is 1. The lowest BCUT2D eigenvalue weighted by Crippen LogP contribution is -2.38. The van der Waals surface area contributed by atoms with Crippen molar-refractivity contribution in [1.29, 1.82) is 0 Å². The minimum Gasteiger partial charge on any atom is -0.393 e. The molecular formula is C12H15BrO. The van der Waals surface area contributed by atoms with E-state index >= 15 is 0 Å². The van der Waals surface area contributed by atoms with Crippen LogP contribution in [0.2, 0.25) is 0 Å². The summed E-state index contributed by atoms with van der Waals surface area (Å²) in [4.78, 5) is 0. The Hall–Kier alpha value is -0.340. The molecule has 0 heterocycles. The van der Waals surface area contributed by atoms with Crippen molar-refractivity contribution in [3.8, 4) is 0 Å². The first-order valence-corrected chi connectivity index (χ1v) is 5.95. The van der Waals surface area contributed by atoms with Crippen LogP contribution in [0, 0.1) is 5.92 Å². The van der Waals surface area contributed by atoms with Crippen LogP contribution in [0.5, 0.6) is 0 Å². The van der Waals surface area contributed by atoms with Gasteiger partial charge in [0.2, 0.25) is 0 Å². The predicted octanol–water partition coefficient (Wildman–Crippen LogP) is 3.32. The molecule has 1 N–H and O–H groups in total. The maximum Gasteiger partial charge on any atom is 0.0580 e. The molecule has 0 bridgehead atoms. The smallest absolute Gasteiger partial charge is 0.0580 e. The first-order chi connectivity index (χ1) is 6.72. The highest BCUT2D eigenvalue weighted by Gasteiger charge is 2.39. The van der Waals surface area contributed by atoms with E-state index in [2.05, 4.69) is 41.1 Å². The van der Waals surface area contributed by atoms with Crippen molar-refractivity contribution in [2.45, 2.75) is 31.8 Å². The largest absolute Gasteiger partial charge is 0.393 e. The van der Waals surface area contributed by atoms with Crippen LogP contribution in [0.4, 0.5) is 0 Å². The molecule has 3 atom stereocenters. The average molecular weight is 255 g/mol. The summed E-state index contributed by atoms with van der Waals surface area (Å²) >= 11 is 3.48. The quantitative estimate of drug-likeness (QED) is 0.859. The first kappa shape index (κ1) is 10.2. The van der Waals surface area contributed by atoms with Crippen molar-refractivity contribution in [2.75, 3.05) is 0 Å². The molecule has 0 aromatic heterocycles. The minimum absolute atomic E-state index is 0.0796. The Labute approximate surface area is 93.3 Å². The van der Waals surface area contributed by atoms with Gasteiger partial charge in [-0.25, -0.2) is 0 Å². The van der Waals surface area contributed by atoms with E-state index in [9.17, 15) is 5.11 Å². The number of halogens is 1. The monoisotopic (exact) mass is 254 g/mol. The molecule has 0 radical (unpaired) electrons. The first-order valence-electron chi connectivity index (χ1n) is 5.16. The van der Waals surface area contributed by atoms with Gasteiger partial charge in [-0.1, -0.05) is 41.4 Å². The van der Waals surface area contributed by atoms with Gasteiger partial charge in [-0.2, -0.15) is 0 Å². The second-order valence-electron chi connectivity index (χ2n) is 4.04. The zero-order chi connectivity index (χ0) is 10.1. The zero-order valence-electron chi connectivity index (χ0n) is 8.28. The lowest BCUT2D eigenvalue weighted by atomic mass is 9.66. The van der Waals surface area contributed by atoms with Gasteiger partial charge in [0, 0.05) is 4.47 Å². The van der Waals surface area contributed by atoms with Crippen molar-refractivity contribution >= 4 is 15.9 Å². The summed E-state index contributed by atoms with van der Waals surface area (Å²) in [7, 11) is 0. The molecule has 1 aromatic carbocycles. The van der Waals surface area contributed by atoms with Crippen molar-refractivity contribution in [3.63, 3.8) is 0 Å². The Balaban J connectivity index is 2.16. The van der Waals surface area contributed by atoms with E-state index in [0.29, 0.717) is 11.8 Å². The van der Waals surface area contributed by atoms with E-state index < -0.39 is 0 Å². The molecule has 2 heteroatoms. The Morgan fingerprint density at radius 3 is 2.86 bits per heavy atom. The van der Waals surface area contributed by atoms with Crippen molar-refractivity contribution < 1.29 is 5.11 Å². The molecule has 0 spiro atoms. The molecule has 1 aliphatic rings. The van der Waals surface area contributed by atoms with Crippen molar-refractivity contribution in [1.82, 2.24) is 0 Å². The molecule has 1 saturated carbocycles. The third-order valence-corrected chi connectivity index (χ3v) is 3.75. The molecule has 1 aromatic rings. The highest BCUT2D eigenvalue weighted by molar-refractivity contribution is 9.10. The predicted molar refractivity (Wildman–Crippen MR) is 61.3 cm³/mol. The maximum absolute atomic E-state index is 9.60. The SMILES string of the molecule is CCC1C(O)CC1c1cccc(Br)c1. The maximum atomic E-state index is 9.60. The van der Waals surface area contributed by atoms with Crippen LogP contribution >= 0.6 is 15.9 Å². The van der Waals surface area contributed by atoms with Gasteiger partial charge in [0.25, 0.3) is 0 Å². The number of rotatable bonds is 2. The Kier molecular flexibility index (Phi) is 2.93. The van der Waals surface area contributed by atoms with Crippen molar-refractivity contribution in [3.05, 3.63) is 34.3 Å². The number of benzene rings is 1. The molecular weight excluding hydrogens is 240 g/mol. The van der Waals surface area contributed by atoms with E-state index in [1.807, 2.05) is 6.07 Å². The third-order valence-electron chi connectivity index (χ3n) is 3.25. The summed E-state index contributed by atoms with van der Waals surface area (Å²) in [5, 5.41) is 9.60. The lowest BCUT2D eigenvalue weighted by Gasteiger charge is -2.41. The van der Waals surface area contributed by atoms with Crippen LogP contribution in [0.3, 0.4) is 0 Å². The minimum atomic E-state index is -0.0796. The van der Waals surface area contributed by atoms with Crippen molar-refractivity contribution in [2.24, 2.45) is 5.92 Å². The fraction of sp³-hybridized carbons (Fsp3) is 0.500. The fourth-order valence-corrected chi connectivity index (χ4v) is 2.78. The van der Waals surface area contributed by atoms with E-state index in [1.54, 1.807) is 0 Å². The molecule has 76 valence electrons. The van der Waals surface area contributed by atoms with Gasteiger partial charge < -0.3 is 5.11 Å². The van der Waals surface area contributed by atoms with Gasteiger partial charge in [0.1, 0.15) is 0 Å². The van der Waals surface area contributed by atoms with Gasteiger partial charge in [-0.05, 0) is 36.0 Å². The average Bonchev–Trinajstić information content (AvgIpc) is 2.14. The highest BCUT2D eigenvalue weighted by atomic mass is 79.9. The lowest BCUT2D eigenvalue weighted by molar-refractivity contribution is -0.000741. The molecule has 1 nitrogen and oxygen atoms in total. The fourth-order valence-electron chi connectivity index (χ4n) is 2.36. The zero-order valence-corrected chi connectivity index (χ0v) is 9.87. The summed E-state index contributed by atoms with van der Waals surface area (Å²) in [6.07, 6.45) is 1.91. The number of aliphatic hydroxyl groups is 1. The molecule has 0 saturated heterocycles. The summed E-state index contributed by atoms with van der Waals surface area (Å²) in [5.74, 6) is 1.02. The molecule has 1 aliphatic carbocycles. The molecule has 14 heavy (non-hydrogen) atoms. The van der Waals surface area contributed by atoms with E-state index in [-0.39, 0.29) is 6.10 Å². The standard InChI is InChI=1S/C12H15BrO/c1-2-10-11(7-12(10)14)8-4-3-5-9(13)6-8/h3-6,10-12,14H,2,7H2,1H3. The Bertz CT molecular complexity index is 324. The van der Waals surface area contributed by atoms with E-state index in [4.69, 9.17) is 0 Å². The van der Waals surface area contributed by atoms with Crippen LogP contribution in [-0.4, -0.2) is 11.2 Å². The van der Waals surface area contributed by atoms with Gasteiger partial charge in [-0.3, -0.25) is 0 Å². The van der Waals surface area contributed by atoms with Gasteiger partial charge in [0.15, 0.2) is 0 Å². The second kappa shape index (κ2) is 4.03.